The molecule has 1 heterocycles. The van der Waals surface area contributed by atoms with E-state index in [1.165, 1.54) is 22.0 Å². The first-order valence-corrected chi connectivity index (χ1v) is 12.1. The smallest absolute Gasteiger partial charge is 0.244 e. The van der Waals surface area contributed by atoms with Gasteiger partial charge in [-0.3, -0.25) is 4.79 Å². The molecule has 2 aromatic rings. The van der Waals surface area contributed by atoms with Gasteiger partial charge in [0.2, 0.25) is 15.9 Å². The minimum absolute atomic E-state index is 0.00870. The van der Waals surface area contributed by atoms with Crippen molar-refractivity contribution >= 4 is 27.5 Å². The Morgan fingerprint density at radius 3 is 2.27 bits per heavy atom. The molecule has 1 aliphatic heterocycles. The normalized spacial score (nSPS) is 18.2. The highest BCUT2D eigenvalue weighted by atomic mass is 35.5. The van der Waals surface area contributed by atoms with E-state index in [1.807, 2.05) is 24.3 Å². The van der Waals surface area contributed by atoms with E-state index in [9.17, 15) is 13.2 Å². The minimum atomic E-state index is -3.89. The summed E-state index contributed by atoms with van der Waals surface area (Å²) in [5.41, 5.74) is 2.03. The Hall–Kier alpha value is -1.89. The number of nitrogens with zero attached hydrogens (tertiary/aromatic N) is 1. The zero-order valence-electron chi connectivity index (χ0n) is 17.7. The Bertz CT molecular complexity index is 981. The van der Waals surface area contributed by atoms with Crippen molar-refractivity contribution in [2.24, 2.45) is 0 Å². The maximum absolute atomic E-state index is 13.5. The molecule has 0 radical (unpaired) electrons. The van der Waals surface area contributed by atoms with Crippen molar-refractivity contribution in [1.82, 2.24) is 9.62 Å². The number of carbonyl (C=O) groups is 1. The van der Waals surface area contributed by atoms with Gasteiger partial charge in [-0.05, 0) is 60.1 Å². The summed E-state index contributed by atoms with van der Waals surface area (Å²) in [7, 11) is -3.89. The van der Waals surface area contributed by atoms with Crippen LogP contribution in [-0.4, -0.2) is 31.2 Å². The van der Waals surface area contributed by atoms with Crippen LogP contribution in [0.5, 0.6) is 0 Å². The second kappa shape index (κ2) is 9.08. The van der Waals surface area contributed by atoms with Gasteiger partial charge < -0.3 is 5.32 Å². The van der Waals surface area contributed by atoms with E-state index in [0.29, 0.717) is 18.0 Å². The average Bonchev–Trinajstić information content (AvgIpc) is 2.90. The van der Waals surface area contributed by atoms with Crippen LogP contribution in [0.25, 0.3) is 0 Å². The highest BCUT2D eigenvalue weighted by Gasteiger charge is 2.36. The Morgan fingerprint density at radius 2 is 1.67 bits per heavy atom. The number of carbonyl (C=O) groups excluding carboxylic acids is 1. The van der Waals surface area contributed by atoms with Gasteiger partial charge in [0.1, 0.15) is 6.04 Å². The van der Waals surface area contributed by atoms with Crippen molar-refractivity contribution < 1.29 is 13.2 Å². The second-order valence-electron chi connectivity index (χ2n) is 8.75. The van der Waals surface area contributed by atoms with Gasteiger partial charge in [0.25, 0.3) is 0 Å². The molecular formula is C23H29ClN2O3S. The maximum atomic E-state index is 13.5. The average molecular weight is 449 g/mol. The van der Waals surface area contributed by atoms with Crippen molar-refractivity contribution in [3.05, 3.63) is 64.7 Å². The van der Waals surface area contributed by atoms with Crippen molar-refractivity contribution in [1.29, 1.82) is 0 Å². The lowest BCUT2D eigenvalue weighted by molar-refractivity contribution is -0.124. The number of benzene rings is 2. The molecule has 30 heavy (non-hydrogen) atoms. The summed E-state index contributed by atoms with van der Waals surface area (Å²) >= 11 is 5.94. The molecule has 1 saturated heterocycles. The molecular weight excluding hydrogens is 420 g/mol. The lowest BCUT2D eigenvalue weighted by Crippen LogP contribution is -2.48. The molecule has 1 aliphatic rings. The van der Waals surface area contributed by atoms with E-state index in [2.05, 4.69) is 26.1 Å². The van der Waals surface area contributed by atoms with E-state index in [0.717, 1.165) is 18.4 Å². The first kappa shape index (κ1) is 22.8. The topological polar surface area (TPSA) is 66.5 Å². The molecule has 7 heteroatoms. The fourth-order valence-electron chi connectivity index (χ4n) is 3.59. The summed E-state index contributed by atoms with van der Waals surface area (Å²) in [6.07, 6.45) is 2.13. The Kier molecular flexibility index (Phi) is 6.90. The molecule has 3 rings (SSSR count). The van der Waals surface area contributed by atoms with Crippen LogP contribution in [0.4, 0.5) is 0 Å². The molecule has 0 aromatic heterocycles. The van der Waals surface area contributed by atoms with E-state index in [-0.39, 0.29) is 22.8 Å². The predicted molar refractivity (Wildman–Crippen MR) is 120 cm³/mol. The van der Waals surface area contributed by atoms with Crippen LogP contribution < -0.4 is 5.32 Å². The zero-order chi connectivity index (χ0) is 21.9. The van der Waals surface area contributed by atoms with E-state index < -0.39 is 16.1 Å². The van der Waals surface area contributed by atoms with Crippen LogP contribution in [0.15, 0.2) is 53.4 Å². The number of hydrogen-bond acceptors (Lipinski definition) is 3. The standard InChI is InChI=1S/C23H29ClN2O3S/c1-23(2,3)18-9-7-17(8-10-18)16-26(21-6-4-5-15-25-22(21)27)30(28,29)20-13-11-19(24)12-14-20/h7-14,21H,4-6,15-16H2,1-3H3,(H,25,27). The molecule has 1 atom stereocenters. The van der Waals surface area contributed by atoms with Crippen LogP contribution in [0.2, 0.25) is 5.02 Å². The van der Waals surface area contributed by atoms with Crippen LogP contribution in [0, 0.1) is 0 Å². The molecule has 0 aliphatic carbocycles. The number of halogens is 1. The minimum Gasteiger partial charge on any atom is -0.355 e. The largest absolute Gasteiger partial charge is 0.355 e. The zero-order valence-corrected chi connectivity index (χ0v) is 19.3. The first-order chi connectivity index (χ1) is 14.1. The number of rotatable bonds is 5. The summed E-state index contributed by atoms with van der Waals surface area (Å²) < 4.78 is 28.4. The van der Waals surface area contributed by atoms with Gasteiger partial charge >= 0.3 is 0 Å². The SMILES string of the molecule is CC(C)(C)c1ccc(CN(C2CCCCNC2=O)S(=O)(=O)c2ccc(Cl)cc2)cc1. The molecule has 0 spiro atoms. The van der Waals surface area contributed by atoms with Gasteiger partial charge in [-0.2, -0.15) is 4.31 Å². The van der Waals surface area contributed by atoms with Gasteiger partial charge in [-0.1, -0.05) is 56.6 Å². The van der Waals surface area contributed by atoms with Gasteiger partial charge in [-0.15, -0.1) is 0 Å². The van der Waals surface area contributed by atoms with E-state index >= 15 is 0 Å². The fraction of sp³-hybridized carbons (Fsp3) is 0.435. The van der Waals surface area contributed by atoms with E-state index in [4.69, 9.17) is 11.6 Å². The molecule has 0 bridgehead atoms. The second-order valence-corrected chi connectivity index (χ2v) is 11.1. The molecule has 1 amide bonds. The van der Waals surface area contributed by atoms with Crippen LogP contribution >= 0.6 is 11.6 Å². The van der Waals surface area contributed by atoms with Gasteiger partial charge in [-0.25, -0.2) is 8.42 Å². The van der Waals surface area contributed by atoms with Crippen LogP contribution in [0.3, 0.4) is 0 Å². The molecule has 5 nitrogen and oxygen atoms in total. The fourth-order valence-corrected chi connectivity index (χ4v) is 5.32. The lowest BCUT2D eigenvalue weighted by Gasteiger charge is -2.29. The van der Waals surface area contributed by atoms with Crippen molar-refractivity contribution in [2.75, 3.05) is 6.54 Å². The van der Waals surface area contributed by atoms with Crippen molar-refractivity contribution in [3.63, 3.8) is 0 Å². The summed E-state index contributed by atoms with van der Waals surface area (Å²) in [5.74, 6) is -0.239. The molecule has 2 aromatic carbocycles. The summed E-state index contributed by atoms with van der Waals surface area (Å²) in [4.78, 5) is 12.9. The molecule has 1 N–H and O–H groups in total. The Morgan fingerprint density at radius 1 is 1.03 bits per heavy atom. The predicted octanol–water partition coefficient (Wildman–Crippen LogP) is 4.50. The Labute approximate surface area is 184 Å². The summed E-state index contributed by atoms with van der Waals surface area (Å²) in [6, 6.07) is 13.3. The highest BCUT2D eigenvalue weighted by molar-refractivity contribution is 7.89. The number of sulfonamides is 1. The lowest BCUT2D eigenvalue weighted by atomic mass is 9.87. The van der Waals surface area contributed by atoms with Crippen LogP contribution in [0.1, 0.15) is 51.2 Å². The van der Waals surface area contributed by atoms with Crippen molar-refractivity contribution in [2.45, 2.75) is 62.9 Å². The number of hydrogen-bond donors (Lipinski definition) is 1. The highest BCUT2D eigenvalue weighted by Crippen LogP contribution is 2.27. The summed E-state index contributed by atoms with van der Waals surface area (Å²) in [6.45, 7) is 7.11. The number of nitrogens with one attached hydrogen (secondary N) is 1. The van der Waals surface area contributed by atoms with Gasteiger partial charge in [0, 0.05) is 18.1 Å². The number of amides is 1. The molecule has 0 saturated carbocycles. The van der Waals surface area contributed by atoms with E-state index in [1.54, 1.807) is 12.1 Å². The summed E-state index contributed by atoms with van der Waals surface area (Å²) in [5, 5.41) is 3.32. The van der Waals surface area contributed by atoms with Crippen molar-refractivity contribution in [3.8, 4) is 0 Å². The van der Waals surface area contributed by atoms with Gasteiger partial charge in [0.15, 0.2) is 0 Å². The monoisotopic (exact) mass is 448 g/mol. The third-order valence-electron chi connectivity index (χ3n) is 5.43. The maximum Gasteiger partial charge on any atom is 0.244 e. The van der Waals surface area contributed by atoms with Gasteiger partial charge in [0.05, 0.1) is 4.90 Å². The quantitative estimate of drug-likeness (QED) is 0.732. The Balaban J connectivity index is 1.99. The first-order valence-electron chi connectivity index (χ1n) is 10.2. The third kappa shape index (κ3) is 5.23. The molecule has 162 valence electrons. The molecule has 1 fully saturated rings. The van der Waals surface area contributed by atoms with Crippen LogP contribution in [-0.2, 0) is 26.8 Å². The third-order valence-corrected chi connectivity index (χ3v) is 7.55. The molecule has 1 unspecified atom stereocenters.